The molecular weight excluding hydrogens is 366 g/mol. The third-order valence-electron chi connectivity index (χ3n) is 5.35. The van der Waals surface area contributed by atoms with E-state index in [9.17, 15) is 9.59 Å². The highest BCUT2D eigenvalue weighted by molar-refractivity contribution is 5.94. The number of methoxy groups -OCH3 is 1. The summed E-state index contributed by atoms with van der Waals surface area (Å²) in [4.78, 5) is 26.8. The van der Waals surface area contributed by atoms with Crippen LogP contribution in [-0.4, -0.2) is 43.1 Å². The smallest absolute Gasteiger partial charge is 0.317 e. The summed E-state index contributed by atoms with van der Waals surface area (Å²) in [5.74, 6) is 0.708. The molecule has 3 rings (SSSR count). The summed E-state index contributed by atoms with van der Waals surface area (Å²) in [7, 11) is 1.64. The SMILES string of the molecule is COc1ccc(C)cc1[C@@H](C)NC(=O)N1CCC(NC(=O)c2ccccc2)CC1. The van der Waals surface area contributed by atoms with E-state index in [1.54, 1.807) is 19.2 Å². The second-order valence-corrected chi connectivity index (χ2v) is 7.52. The van der Waals surface area contributed by atoms with E-state index in [2.05, 4.69) is 10.6 Å². The van der Waals surface area contributed by atoms with Crippen molar-refractivity contribution in [3.05, 3.63) is 65.2 Å². The van der Waals surface area contributed by atoms with Gasteiger partial charge in [0.15, 0.2) is 0 Å². The molecule has 0 bridgehead atoms. The van der Waals surface area contributed by atoms with Gasteiger partial charge in [-0.3, -0.25) is 4.79 Å². The van der Waals surface area contributed by atoms with Crippen LogP contribution in [0.25, 0.3) is 0 Å². The van der Waals surface area contributed by atoms with Crippen molar-refractivity contribution in [2.45, 2.75) is 38.8 Å². The molecule has 0 aliphatic carbocycles. The summed E-state index contributed by atoms with van der Waals surface area (Å²) in [6, 6.07) is 15.0. The molecule has 0 saturated carbocycles. The van der Waals surface area contributed by atoms with Crippen molar-refractivity contribution in [3.8, 4) is 5.75 Å². The van der Waals surface area contributed by atoms with Crippen LogP contribution in [0.5, 0.6) is 5.75 Å². The average Bonchev–Trinajstić information content (AvgIpc) is 2.74. The zero-order chi connectivity index (χ0) is 20.8. The van der Waals surface area contributed by atoms with Crippen LogP contribution >= 0.6 is 0 Å². The molecule has 6 nitrogen and oxygen atoms in total. The number of nitrogens with zero attached hydrogens (tertiary/aromatic N) is 1. The van der Waals surface area contributed by atoms with Gasteiger partial charge in [-0.1, -0.05) is 35.9 Å². The number of carbonyl (C=O) groups excluding carboxylic acids is 2. The van der Waals surface area contributed by atoms with Gasteiger partial charge in [0.1, 0.15) is 5.75 Å². The Labute approximate surface area is 172 Å². The molecule has 1 aliphatic rings. The van der Waals surface area contributed by atoms with Gasteiger partial charge in [0.05, 0.1) is 13.2 Å². The van der Waals surface area contributed by atoms with E-state index in [0.29, 0.717) is 18.7 Å². The second kappa shape index (κ2) is 9.45. The molecule has 2 N–H and O–H groups in total. The lowest BCUT2D eigenvalue weighted by atomic mass is 10.0. The van der Waals surface area contributed by atoms with Gasteiger partial charge >= 0.3 is 6.03 Å². The lowest BCUT2D eigenvalue weighted by Crippen LogP contribution is -2.49. The number of nitrogens with one attached hydrogen (secondary N) is 2. The molecule has 3 amide bonds. The molecular formula is C23H29N3O3. The summed E-state index contributed by atoms with van der Waals surface area (Å²) in [6.45, 7) is 5.21. The Morgan fingerprint density at radius 1 is 1.10 bits per heavy atom. The van der Waals surface area contributed by atoms with Gasteiger partial charge in [-0.2, -0.15) is 0 Å². The number of benzene rings is 2. The maximum Gasteiger partial charge on any atom is 0.317 e. The van der Waals surface area contributed by atoms with Crippen LogP contribution in [0.4, 0.5) is 4.79 Å². The molecule has 1 heterocycles. The highest BCUT2D eigenvalue weighted by Gasteiger charge is 2.25. The minimum atomic E-state index is -0.159. The summed E-state index contributed by atoms with van der Waals surface area (Å²) in [5, 5.41) is 6.14. The molecule has 1 aliphatic heterocycles. The maximum atomic E-state index is 12.7. The predicted octanol–water partition coefficient (Wildman–Crippen LogP) is 3.67. The highest BCUT2D eigenvalue weighted by atomic mass is 16.5. The molecule has 1 fully saturated rings. The molecule has 0 radical (unpaired) electrons. The van der Waals surface area contributed by atoms with Gasteiger partial charge in [-0.25, -0.2) is 4.79 Å². The standard InChI is InChI=1S/C23H29N3O3/c1-16-9-10-21(29-3)20(15-16)17(2)24-23(28)26-13-11-19(12-14-26)25-22(27)18-7-5-4-6-8-18/h4-10,15,17,19H,11-14H2,1-3H3,(H,24,28)(H,25,27)/t17-/m1/s1. The van der Waals surface area contributed by atoms with Crippen LogP contribution in [-0.2, 0) is 0 Å². The van der Waals surface area contributed by atoms with E-state index >= 15 is 0 Å². The predicted molar refractivity (Wildman–Crippen MR) is 113 cm³/mol. The maximum absolute atomic E-state index is 12.7. The largest absolute Gasteiger partial charge is 0.496 e. The number of urea groups is 1. The molecule has 6 heteroatoms. The van der Waals surface area contributed by atoms with E-state index in [4.69, 9.17) is 4.74 Å². The van der Waals surface area contributed by atoms with E-state index in [1.807, 2.05) is 55.1 Å². The fourth-order valence-corrected chi connectivity index (χ4v) is 3.63. The Bertz CT molecular complexity index is 846. The first kappa shape index (κ1) is 20.7. The average molecular weight is 396 g/mol. The first-order valence-electron chi connectivity index (χ1n) is 10.0. The summed E-state index contributed by atoms with van der Waals surface area (Å²) < 4.78 is 5.43. The number of hydrogen-bond donors (Lipinski definition) is 2. The first-order chi connectivity index (χ1) is 14.0. The molecule has 1 atom stereocenters. The van der Waals surface area contributed by atoms with E-state index in [-0.39, 0.29) is 24.0 Å². The molecule has 2 aromatic rings. The van der Waals surface area contributed by atoms with Gasteiger partial charge in [-0.05, 0) is 44.9 Å². The van der Waals surface area contributed by atoms with Gasteiger partial charge in [0.25, 0.3) is 5.91 Å². The number of aryl methyl sites for hydroxylation is 1. The fraction of sp³-hybridized carbons (Fsp3) is 0.391. The number of carbonyl (C=O) groups is 2. The number of hydrogen-bond acceptors (Lipinski definition) is 3. The van der Waals surface area contributed by atoms with Crippen LogP contribution < -0.4 is 15.4 Å². The number of amides is 3. The van der Waals surface area contributed by atoms with Crippen molar-refractivity contribution in [1.82, 2.24) is 15.5 Å². The monoisotopic (exact) mass is 395 g/mol. The van der Waals surface area contributed by atoms with Crippen LogP contribution in [0, 0.1) is 6.92 Å². The molecule has 0 spiro atoms. The van der Waals surface area contributed by atoms with Crippen molar-refractivity contribution in [3.63, 3.8) is 0 Å². The lowest BCUT2D eigenvalue weighted by molar-refractivity contribution is 0.0917. The minimum absolute atomic E-state index is 0.0614. The minimum Gasteiger partial charge on any atom is -0.496 e. The van der Waals surface area contributed by atoms with E-state index < -0.39 is 0 Å². The van der Waals surface area contributed by atoms with E-state index in [0.717, 1.165) is 29.7 Å². The number of likely N-dealkylation sites (tertiary alicyclic amines) is 1. The van der Waals surface area contributed by atoms with Gasteiger partial charge in [0, 0.05) is 30.3 Å². The zero-order valence-corrected chi connectivity index (χ0v) is 17.3. The number of rotatable bonds is 5. The summed E-state index contributed by atoms with van der Waals surface area (Å²) in [6.07, 6.45) is 1.49. The van der Waals surface area contributed by atoms with Gasteiger partial charge in [-0.15, -0.1) is 0 Å². The van der Waals surface area contributed by atoms with Crippen LogP contribution in [0.3, 0.4) is 0 Å². The topological polar surface area (TPSA) is 70.7 Å². The third kappa shape index (κ3) is 5.28. The van der Waals surface area contributed by atoms with Crippen LogP contribution in [0.1, 0.15) is 47.3 Å². The normalized spacial score (nSPS) is 15.5. The van der Waals surface area contributed by atoms with Gasteiger partial charge < -0.3 is 20.3 Å². The Balaban J connectivity index is 1.51. The second-order valence-electron chi connectivity index (χ2n) is 7.52. The van der Waals surface area contributed by atoms with Crippen molar-refractivity contribution >= 4 is 11.9 Å². The molecule has 0 unspecified atom stereocenters. The van der Waals surface area contributed by atoms with Crippen molar-refractivity contribution < 1.29 is 14.3 Å². The third-order valence-corrected chi connectivity index (χ3v) is 5.35. The van der Waals surface area contributed by atoms with E-state index in [1.165, 1.54) is 0 Å². The quantitative estimate of drug-likeness (QED) is 0.812. The Morgan fingerprint density at radius 2 is 1.79 bits per heavy atom. The summed E-state index contributed by atoms with van der Waals surface area (Å²) >= 11 is 0. The Kier molecular flexibility index (Phi) is 6.75. The highest BCUT2D eigenvalue weighted by Crippen LogP contribution is 2.26. The molecule has 1 saturated heterocycles. The van der Waals surface area contributed by atoms with Crippen molar-refractivity contribution in [2.24, 2.45) is 0 Å². The molecule has 0 aromatic heterocycles. The Hall–Kier alpha value is -3.02. The van der Waals surface area contributed by atoms with Crippen LogP contribution in [0.2, 0.25) is 0 Å². The Morgan fingerprint density at radius 3 is 2.45 bits per heavy atom. The molecule has 154 valence electrons. The fourth-order valence-electron chi connectivity index (χ4n) is 3.63. The first-order valence-corrected chi connectivity index (χ1v) is 10.0. The number of piperidine rings is 1. The van der Waals surface area contributed by atoms with Crippen LogP contribution in [0.15, 0.2) is 48.5 Å². The van der Waals surface area contributed by atoms with Gasteiger partial charge in [0.2, 0.25) is 0 Å². The molecule has 29 heavy (non-hydrogen) atoms. The number of ether oxygens (including phenoxy) is 1. The lowest BCUT2D eigenvalue weighted by Gasteiger charge is -2.33. The zero-order valence-electron chi connectivity index (χ0n) is 17.3. The van der Waals surface area contributed by atoms with Crippen molar-refractivity contribution in [1.29, 1.82) is 0 Å². The van der Waals surface area contributed by atoms with Crippen molar-refractivity contribution in [2.75, 3.05) is 20.2 Å². The molecule has 2 aromatic carbocycles. The summed E-state index contributed by atoms with van der Waals surface area (Å²) in [5.41, 5.74) is 2.75.